The van der Waals surface area contributed by atoms with Crippen LogP contribution in [-0.2, 0) is 13.6 Å². The van der Waals surface area contributed by atoms with Crippen LogP contribution in [0.5, 0.6) is 0 Å². The summed E-state index contributed by atoms with van der Waals surface area (Å²) in [5.74, 6) is 0. The zero-order valence-corrected chi connectivity index (χ0v) is 6.98. The van der Waals surface area contributed by atoms with Crippen molar-refractivity contribution in [3.8, 4) is 0 Å². The lowest BCUT2D eigenvalue weighted by Crippen LogP contribution is -1.99. The lowest BCUT2D eigenvalue weighted by atomic mass is 10.4. The van der Waals surface area contributed by atoms with Crippen molar-refractivity contribution in [3.05, 3.63) is 11.9 Å². The van der Waals surface area contributed by atoms with E-state index in [0.717, 1.165) is 5.69 Å². The molecule has 0 unspecified atom stereocenters. The number of hydrogen-bond donors (Lipinski definition) is 1. The van der Waals surface area contributed by atoms with Crippen molar-refractivity contribution in [2.24, 2.45) is 12.8 Å². The van der Waals surface area contributed by atoms with Crippen LogP contribution in [0, 0.1) is 0 Å². The molecule has 10 heavy (non-hydrogen) atoms. The van der Waals surface area contributed by atoms with E-state index in [1.165, 1.54) is 4.90 Å². The molecule has 0 saturated carbocycles. The summed E-state index contributed by atoms with van der Waals surface area (Å²) in [6.07, 6.45) is 4.00. The molecule has 0 aliphatic rings. The maximum absolute atomic E-state index is 5.45. The number of aromatic nitrogens is 2. The van der Waals surface area contributed by atoms with Gasteiger partial charge in [-0.2, -0.15) is 5.10 Å². The van der Waals surface area contributed by atoms with Gasteiger partial charge in [-0.1, -0.05) is 0 Å². The summed E-state index contributed by atoms with van der Waals surface area (Å²) in [7, 11) is 1.90. The van der Waals surface area contributed by atoms with Gasteiger partial charge in [0.1, 0.15) is 0 Å². The Bertz CT molecular complexity index is 197. The fourth-order valence-corrected chi connectivity index (χ4v) is 1.44. The van der Waals surface area contributed by atoms with E-state index in [1.54, 1.807) is 16.4 Å². The van der Waals surface area contributed by atoms with Crippen molar-refractivity contribution in [2.75, 3.05) is 6.26 Å². The molecule has 56 valence electrons. The molecule has 4 heteroatoms. The summed E-state index contributed by atoms with van der Waals surface area (Å²) in [6.45, 7) is 0.525. The van der Waals surface area contributed by atoms with Crippen molar-refractivity contribution in [1.29, 1.82) is 0 Å². The molecule has 1 aromatic rings. The van der Waals surface area contributed by atoms with E-state index >= 15 is 0 Å². The lowest BCUT2D eigenvalue weighted by molar-refractivity contribution is 0.742. The summed E-state index contributed by atoms with van der Waals surface area (Å²) in [5, 5.41) is 4.17. The highest BCUT2D eigenvalue weighted by atomic mass is 32.2. The average Bonchev–Trinajstić information content (AvgIpc) is 2.30. The number of hydrogen-bond acceptors (Lipinski definition) is 3. The molecular weight excluding hydrogens is 146 g/mol. The highest BCUT2D eigenvalue weighted by molar-refractivity contribution is 7.98. The first-order chi connectivity index (χ1) is 4.77. The molecule has 0 fully saturated rings. The Balaban J connectivity index is 2.96. The zero-order valence-electron chi connectivity index (χ0n) is 6.16. The van der Waals surface area contributed by atoms with Gasteiger partial charge in [0.2, 0.25) is 0 Å². The van der Waals surface area contributed by atoms with Gasteiger partial charge in [-0.25, -0.2) is 0 Å². The van der Waals surface area contributed by atoms with Crippen LogP contribution in [0.3, 0.4) is 0 Å². The highest BCUT2D eigenvalue weighted by Gasteiger charge is 2.02. The van der Waals surface area contributed by atoms with Crippen molar-refractivity contribution in [2.45, 2.75) is 11.4 Å². The van der Waals surface area contributed by atoms with Gasteiger partial charge >= 0.3 is 0 Å². The largest absolute Gasteiger partial charge is 0.325 e. The summed E-state index contributed by atoms with van der Waals surface area (Å²) in [4.78, 5) is 1.17. The first-order valence-electron chi connectivity index (χ1n) is 3.04. The van der Waals surface area contributed by atoms with Crippen LogP contribution in [0.2, 0.25) is 0 Å². The minimum absolute atomic E-state index is 0.525. The highest BCUT2D eigenvalue weighted by Crippen LogP contribution is 2.17. The van der Waals surface area contributed by atoms with E-state index in [1.807, 2.05) is 19.5 Å². The van der Waals surface area contributed by atoms with E-state index in [-0.39, 0.29) is 0 Å². The number of aryl methyl sites for hydroxylation is 1. The third kappa shape index (κ3) is 1.33. The van der Waals surface area contributed by atoms with Crippen LogP contribution < -0.4 is 5.73 Å². The molecule has 0 atom stereocenters. The predicted octanol–water partition coefficient (Wildman–Crippen LogP) is 0.601. The number of nitrogens with zero attached hydrogens (tertiary/aromatic N) is 2. The third-order valence-electron chi connectivity index (χ3n) is 1.28. The molecule has 0 saturated heterocycles. The molecule has 0 amide bonds. The second-order valence-corrected chi connectivity index (χ2v) is 2.87. The quantitative estimate of drug-likeness (QED) is 0.639. The molecule has 1 heterocycles. The molecule has 0 spiro atoms. The second kappa shape index (κ2) is 3.07. The molecule has 1 aromatic heterocycles. The molecule has 2 N–H and O–H groups in total. The van der Waals surface area contributed by atoms with Gasteiger partial charge in [0, 0.05) is 24.7 Å². The third-order valence-corrected chi connectivity index (χ3v) is 2.06. The predicted molar refractivity (Wildman–Crippen MR) is 42.9 cm³/mol. The van der Waals surface area contributed by atoms with Crippen LogP contribution in [0.15, 0.2) is 11.1 Å². The fraction of sp³-hybridized carbons (Fsp3) is 0.500. The normalized spacial score (nSPS) is 10.3. The minimum Gasteiger partial charge on any atom is -0.325 e. The van der Waals surface area contributed by atoms with Crippen molar-refractivity contribution in [1.82, 2.24) is 9.78 Å². The van der Waals surface area contributed by atoms with Crippen LogP contribution in [0.25, 0.3) is 0 Å². The van der Waals surface area contributed by atoms with E-state index in [2.05, 4.69) is 5.10 Å². The van der Waals surface area contributed by atoms with Crippen molar-refractivity contribution < 1.29 is 0 Å². The van der Waals surface area contributed by atoms with Gasteiger partial charge in [0.25, 0.3) is 0 Å². The van der Waals surface area contributed by atoms with Gasteiger partial charge in [0.05, 0.1) is 5.69 Å². The van der Waals surface area contributed by atoms with Gasteiger partial charge in [0.15, 0.2) is 0 Å². The molecule has 0 aliphatic heterocycles. The second-order valence-electron chi connectivity index (χ2n) is 2.02. The van der Waals surface area contributed by atoms with Crippen LogP contribution in [-0.4, -0.2) is 16.0 Å². The van der Waals surface area contributed by atoms with Crippen molar-refractivity contribution >= 4 is 11.8 Å². The minimum atomic E-state index is 0.525. The molecular formula is C6H11N3S. The van der Waals surface area contributed by atoms with Gasteiger partial charge < -0.3 is 5.73 Å². The van der Waals surface area contributed by atoms with Crippen LogP contribution in [0.4, 0.5) is 0 Å². The first-order valence-corrected chi connectivity index (χ1v) is 4.27. The number of thioether (sulfide) groups is 1. The van der Waals surface area contributed by atoms with E-state index < -0.39 is 0 Å². The monoisotopic (exact) mass is 157 g/mol. The molecule has 0 bridgehead atoms. The Kier molecular flexibility index (Phi) is 2.34. The SMILES string of the molecule is CSc1cn(C)nc1CN. The summed E-state index contributed by atoms with van der Waals surface area (Å²) in [6, 6.07) is 0. The Labute approximate surface area is 64.6 Å². The Morgan fingerprint density at radius 2 is 2.50 bits per heavy atom. The smallest absolute Gasteiger partial charge is 0.0895 e. The number of rotatable bonds is 2. The molecule has 1 rings (SSSR count). The lowest BCUT2D eigenvalue weighted by Gasteiger charge is -1.90. The summed E-state index contributed by atoms with van der Waals surface area (Å²) < 4.78 is 1.79. The molecule has 0 aromatic carbocycles. The van der Waals surface area contributed by atoms with Gasteiger partial charge in [-0.05, 0) is 6.26 Å². The van der Waals surface area contributed by atoms with Gasteiger partial charge in [-0.3, -0.25) is 4.68 Å². The van der Waals surface area contributed by atoms with E-state index in [4.69, 9.17) is 5.73 Å². The summed E-state index contributed by atoms with van der Waals surface area (Å²) in [5.41, 5.74) is 6.43. The van der Waals surface area contributed by atoms with Crippen molar-refractivity contribution in [3.63, 3.8) is 0 Å². The fourth-order valence-electron chi connectivity index (χ4n) is 0.825. The zero-order chi connectivity index (χ0) is 7.56. The Morgan fingerprint density at radius 1 is 1.80 bits per heavy atom. The summed E-state index contributed by atoms with van der Waals surface area (Å²) >= 11 is 1.68. The molecule has 0 aliphatic carbocycles. The average molecular weight is 157 g/mol. The maximum atomic E-state index is 5.45. The maximum Gasteiger partial charge on any atom is 0.0895 e. The van der Waals surface area contributed by atoms with E-state index in [9.17, 15) is 0 Å². The first kappa shape index (κ1) is 7.63. The van der Waals surface area contributed by atoms with Gasteiger partial charge in [-0.15, -0.1) is 11.8 Å². The number of nitrogens with two attached hydrogens (primary N) is 1. The standard InChI is InChI=1S/C6H11N3S/c1-9-4-6(10-2)5(3-7)8-9/h4H,3,7H2,1-2H3. The Hall–Kier alpha value is -0.480. The Morgan fingerprint density at radius 3 is 2.90 bits per heavy atom. The van der Waals surface area contributed by atoms with Crippen LogP contribution in [0.1, 0.15) is 5.69 Å². The topological polar surface area (TPSA) is 43.8 Å². The molecule has 3 nitrogen and oxygen atoms in total. The van der Waals surface area contributed by atoms with Crippen LogP contribution >= 0.6 is 11.8 Å². The molecule has 0 radical (unpaired) electrons. The van der Waals surface area contributed by atoms with E-state index in [0.29, 0.717) is 6.54 Å².